The molecule has 3 heterocycles. The molecule has 0 aliphatic rings. The number of nitrogens with zero attached hydrogens (tertiary/aromatic N) is 4. The Labute approximate surface area is 393 Å². The number of aromatic nitrogens is 2. The molecule has 0 aliphatic heterocycles. The number of fused-ring (bicyclic) bond motifs is 7. The maximum absolute atomic E-state index is 9.90. The van der Waals surface area contributed by atoms with E-state index >= 15 is 0 Å². The molecular formula is C62H41N5O. The summed E-state index contributed by atoms with van der Waals surface area (Å²) in [7, 11) is 0. The SMILES string of the molecule is N=C(N=C(N=Cc1ccccc1)c1ccccc1)c1cc(-c2cc(-c3ccccc3)ccc2-c2ccccc2)cnc1-c1ccc2c(c1)oc1ccc3c(c4ccccc4n3-c3ccccc3)c12. The minimum absolute atomic E-state index is 0.0269. The minimum atomic E-state index is 0.0269. The Morgan fingerprint density at radius 2 is 1.15 bits per heavy atom. The van der Waals surface area contributed by atoms with Crippen LogP contribution in [-0.2, 0) is 0 Å². The summed E-state index contributed by atoms with van der Waals surface area (Å²) in [6.07, 6.45) is 3.71. The molecule has 0 saturated carbocycles. The second-order valence-electron chi connectivity index (χ2n) is 16.8. The van der Waals surface area contributed by atoms with E-state index in [1.54, 1.807) is 6.21 Å². The summed E-state index contributed by atoms with van der Waals surface area (Å²) in [5.41, 5.74) is 14.7. The van der Waals surface area contributed by atoms with Crippen molar-refractivity contribution >= 4 is 61.6 Å². The van der Waals surface area contributed by atoms with Gasteiger partial charge in [-0.25, -0.2) is 9.98 Å². The maximum Gasteiger partial charge on any atom is 0.161 e. The second-order valence-corrected chi connectivity index (χ2v) is 16.8. The predicted molar refractivity (Wildman–Crippen MR) is 281 cm³/mol. The average molecular weight is 872 g/mol. The van der Waals surface area contributed by atoms with Crippen molar-refractivity contribution in [2.24, 2.45) is 9.98 Å². The summed E-state index contributed by atoms with van der Waals surface area (Å²) in [6.45, 7) is 0. The van der Waals surface area contributed by atoms with Crippen LogP contribution in [0.15, 0.2) is 251 Å². The molecule has 320 valence electrons. The molecular weight excluding hydrogens is 831 g/mol. The van der Waals surface area contributed by atoms with Gasteiger partial charge in [-0.3, -0.25) is 10.4 Å². The normalized spacial score (nSPS) is 11.9. The first-order valence-corrected chi connectivity index (χ1v) is 22.7. The minimum Gasteiger partial charge on any atom is -0.456 e. The first kappa shape index (κ1) is 40.3. The topological polar surface area (TPSA) is 79.5 Å². The van der Waals surface area contributed by atoms with Crippen LogP contribution in [0, 0.1) is 5.41 Å². The molecule has 0 aliphatic carbocycles. The van der Waals surface area contributed by atoms with Gasteiger partial charge in [-0.05, 0) is 88.0 Å². The fraction of sp³-hybridized carbons (Fsp3) is 0. The van der Waals surface area contributed by atoms with Gasteiger partial charge in [0.1, 0.15) is 11.2 Å². The monoisotopic (exact) mass is 871 g/mol. The van der Waals surface area contributed by atoms with Crippen LogP contribution in [0.4, 0.5) is 0 Å². The van der Waals surface area contributed by atoms with E-state index in [9.17, 15) is 5.41 Å². The van der Waals surface area contributed by atoms with Crippen molar-refractivity contribution in [2.45, 2.75) is 0 Å². The lowest BCUT2D eigenvalue weighted by Gasteiger charge is -2.16. The van der Waals surface area contributed by atoms with Gasteiger partial charge in [-0.1, -0.05) is 176 Å². The Balaban J connectivity index is 1.06. The molecule has 6 heteroatoms. The molecule has 1 N–H and O–H groups in total. The van der Waals surface area contributed by atoms with E-state index in [0.717, 1.165) is 99.5 Å². The summed E-state index contributed by atoms with van der Waals surface area (Å²) in [5, 5.41) is 14.3. The molecule has 0 unspecified atom stereocenters. The van der Waals surface area contributed by atoms with Crippen LogP contribution in [0.1, 0.15) is 16.7 Å². The van der Waals surface area contributed by atoms with Gasteiger partial charge in [0.2, 0.25) is 0 Å². The average Bonchev–Trinajstić information content (AvgIpc) is 3.96. The number of furan rings is 1. The van der Waals surface area contributed by atoms with Crippen LogP contribution >= 0.6 is 0 Å². The number of hydrogen-bond acceptors (Lipinski definition) is 3. The molecule has 0 radical (unpaired) electrons. The van der Waals surface area contributed by atoms with Gasteiger partial charge in [-0.15, -0.1) is 0 Å². The van der Waals surface area contributed by atoms with E-state index in [4.69, 9.17) is 19.4 Å². The fourth-order valence-corrected chi connectivity index (χ4v) is 9.41. The van der Waals surface area contributed by atoms with Gasteiger partial charge in [-0.2, -0.15) is 0 Å². The van der Waals surface area contributed by atoms with Crippen molar-refractivity contribution in [1.82, 2.24) is 9.55 Å². The van der Waals surface area contributed by atoms with Gasteiger partial charge >= 0.3 is 0 Å². The quantitative estimate of drug-likeness (QED) is 0.122. The van der Waals surface area contributed by atoms with Gasteiger partial charge in [0.25, 0.3) is 0 Å². The third-order valence-electron chi connectivity index (χ3n) is 12.6. The van der Waals surface area contributed by atoms with Gasteiger partial charge in [0.15, 0.2) is 11.7 Å². The summed E-state index contributed by atoms with van der Waals surface area (Å²) in [6, 6.07) is 78.8. The standard InChI is InChI=1S/C62H41N5O/c63-61(66-62(44-24-12-4-13-25-44)65-39-41-18-6-1-7-19-41)53-37-47(52-36-45(42-20-8-2-9-21-42)30-32-49(52)43-22-10-3-11-23-43)40-64-60(53)46-31-33-51-57(38-46)68-56-35-34-55-58(59(51)56)50-28-16-17-29-54(50)67(55)48-26-14-5-15-27-48/h1-40,63H. The van der Waals surface area contributed by atoms with Crippen LogP contribution < -0.4 is 0 Å². The third kappa shape index (κ3) is 7.36. The molecule has 12 rings (SSSR count). The Morgan fingerprint density at radius 1 is 0.485 bits per heavy atom. The maximum atomic E-state index is 9.90. The molecule has 0 fully saturated rings. The zero-order valence-corrected chi connectivity index (χ0v) is 36.8. The van der Waals surface area contributed by atoms with Crippen LogP contribution in [0.5, 0.6) is 0 Å². The zero-order valence-electron chi connectivity index (χ0n) is 36.8. The summed E-state index contributed by atoms with van der Waals surface area (Å²) in [4.78, 5) is 15.2. The second kappa shape index (κ2) is 17.3. The van der Waals surface area contributed by atoms with Crippen molar-refractivity contribution in [3.8, 4) is 50.3 Å². The van der Waals surface area contributed by atoms with Gasteiger partial charge in [0, 0.05) is 61.9 Å². The van der Waals surface area contributed by atoms with Crippen LogP contribution in [0.25, 0.3) is 94.1 Å². The number of aliphatic imine (C=N–C) groups is 2. The highest BCUT2D eigenvalue weighted by Crippen LogP contribution is 2.43. The molecule has 68 heavy (non-hydrogen) atoms. The molecule has 0 saturated heterocycles. The van der Waals surface area contributed by atoms with Crippen molar-refractivity contribution in [2.75, 3.05) is 0 Å². The van der Waals surface area contributed by atoms with E-state index in [1.807, 2.05) is 85.1 Å². The summed E-state index contributed by atoms with van der Waals surface area (Å²) < 4.78 is 9.09. The predicted octanol–water partition coefficient (Wildman–Crippen LogP) is 15.6. The van der Waals surface area contributed by atoms with Crippen molar-refractivity contribution in [3.63, 3.8) is 0 Å². The Bertz CT molecular complexity index is 3890. The van der Waals surface area contributed by atoms with Crippen molar-refractivity contribution in [3.05, 3.63) is 253 Å². The fourth-order valence-electron chi connectivity index (χ4n) is 9.41. The van der Waals surface area contributed by atoms with Crippen LogP contribution in [0.2, 0.25) is 0 Å². The number of nitrogens with one attached hydrogen (secondary N) is 1. The first-order valence-electron chi connectivity index (χ1n) is 22.7. The van der Waals surface area contributed by atoms with E-state index in [0.29, 0.717) is 17.1 Å². The summed E-state index contributed by atoms with van der Waals surface area (Å²) in [5.74, 6) is 0.442. The lowest BCUT2D eigenvalue weighted by Crippen LogP contribution is -2.07. The first-order chi connectivity index (χ1) is 33.6. The highest BCUT2D eigenvalue weighted by atomic mass is 16.3. The third-order valence-corrected chi connectivity index (χ3v) is 12.6. The smallest absolute Gasteiger partial charge is 0.161 e. The highest BCUT2D eigenvalue weighted by molar-refractivity contribution is 6.27. The van der Waals surface area contributed by atoms with Crippen molar-refractivity contribution in [1.29, 1.82) is 5.41 Å². The largest absolute Gasteiger partial charge is 0.456 e. The van der Waals surface area contributed by atoms with Gasteiger partial charge in [0.05, 0.1) is 16.7 Å². The van der Waals surface area contributed by atoms with Crippen molar-refractivity contribution < 1.29 is 4.42 Å². The number of hydrogen-bond donors (Lipinski definition) is 1. The number of pyridine rings is 1. The van der Waals surface area contributed by atoms with E-state index in [2.05, 4.69) is 156 Å². The highest BCUT2D eigenvalue weighted by Gasteiger charge is 2.22. The van der Waals surface area contributed by atoms with Crippen LogP contribution in [-0.4, -0.2) is 27.4 Å². The molecule has 9 aromatic carbocycles. The lowest BCUT2D eigenvalue weighted by molar-refractivity contribution is 0.669. The Kier molecular flexibility index (Phi) is 10.2. The molecule has 0 atom stereocenters. The molecule has 6 nitrogen and oxygen atoms in total. The summed E-state index contributed by atoms with van der Waals surface area (Å²) >= 11 is 0. The van der Waals surface area contributed by atoms with E-state index < -0.39 is 0 Å². The number of benzene rings is 9. The van der Waals surface area contributed by atoms with Gasteiger partial charge < -0.3 is 8.98 Å². The molecule has 0 amide bonds. The van der Waals surface area contributed by atoms with Crippen LogP contribution in [0.3, 0.4) is 0 Å². The zero-order chi connectivity index (χ0) is 45.4. The molecule has 12 aromatic rings. The number of amidine groups is 2. The van der Waals surface area contributed by atoms with E-state index in [-0.39, 0.29) is 5.84 Å². The number of rotatable bonds is 8. The molecule has 3 aromatic heterocycles. The molecule has 0 bridgehead atoms. The number of para-hydroxylation sites is 2. The van der Waals surface area contributed by atoms with E-state index in [1.165, 1.54) is 0 Å². The molecule has 0 spiro atoms. The lowest BCUT2D eigenvalue weighted by atomic mass is 9.90. The Morgan fingerprint density at radius 3 is 1.91 bits per heavy atom. The Hall–Kier alpha value is -9.26.